The summed E-state index contributed by atoms with van der Waals surface area (Å²) >= 11 is 1.60. The first-order valence-corrected chi connectivity index (χ1v) is 6.13. The second kappa shape index (κ2) is 5.03. The Kier molecular flexibility index (Phi) is 3.46. The molecule has 0 aliphatic rings. The van der Waals surface area contributed by atoms with Crippen LogP contribution in [0.4, 0.5) is 0 Å². The maximum absolute atomic E-state index is 8.92. The van der Waals surface area contributed by atoms with E-state index in [1.165, 1.54) is 10.5 Å². The Bertz CT molecular complexity index is 585. The molecule has 2 rings (SSSR count). The highest BCUT2D eigenvalue weighted by molar-refractivity contribution is 7.99. The normalized spacial score (nSPS) is 9.94. The molecule has 2 aromatic rings. The minimum atomic E-state index is 0.661. The number of benzene rings is 1. The van der Waals surface area contributed by atoms with Gasteiger partial charge in [0, 0.05) is 10.6 Å². The van der Waals surface area contributed by atoms with Gasteiger partial charge in [0.25, 0.3) is 0 Å². The third-order valence-electron chi connectivity index (χ3n) is 2.37. The van der Waals surface area contributed by atoms with Crippen molar-refractivity contribution in [3.05, 3.63) is 53.2 Å². The number of hydrogen-bond acceptors (Lipinski definition) is 3. The fourth-order valence-corrected chi connectivity index (χ4v) is 2.52. The molecule has 0 unspecified atom stereocenters. The molecule has 0 atom stereocenters. The van der Waals surface area contributed by atoms with Gasteiger partial charge < -0.3 is 0 Å². The number of pyridine rings is 1. The molecule has 0 fully saturated rings. The highest BCUT2D eigenvalue weighted by Crippen LogP contribution is 2.29. The molecule has 0 bridgehead atoms. The van der Waals surface area contributed by atoms with E-state index in [4.69, 9.17) is 5.26 Å². The molecule has 0 spiro atoms. The quantitative estimate of drug-likeness (QED) is 0.802. The Balaban J connectivity index is 2.34. The minimum Gasteiger partial charge on any atom is -0.246 e. The summed E-state index contributed by atoms with van der Waals surface area (Å²) in [6, 6.07) is 13.9. The lowest BCUT2D eigenvalue weighted by Gasteiger charge is -2.05. The van der Waals surface area contributed by atoms with Crippen molar-refractivity contribution in [3.8, 4) is 6.07 Å². The lowest BCUT2D eigenvalue weighted by Crippen LogP contribution is -1.88. The van der Waals surface area contributed by atoms with E-state index in [1.54, 1.807) is 17.8 Å². The van der Waals surface area contributed by atoms with E-state index in [2.05, 4.69) is 30.1 Å². The first-order valence-electron chi connectivity index (χ1n) is 5.31. The Labute approximate surface area is 105 Å². The van der Waals surface area contributed by atoms with Crippen molar-refractivity contribution in [2.45, 2.75) is 23.8 Å². The first kappa shape index (κ1) is 11.7. The van der Waals surface area contributed by atoms with Gasteiger partial charge in [-0.15, -0.1) is 0 Å². The summed E-state index contributed by atoms with van der Waals surface area (Å²) in [5.41, 5.74) is 2.76. The van der Waals surface area contributed by atoms with E-state index in [0.29, 0.717) is 5.56 Å². The van der Waals surface area contributed by atoms with E-state index in [0.717, 1.165) is 10.7 Å². The summed E-state index contributed by atoms with van der Waals surface area (Å²) < 4.78 is 0. The lowest BCUT2D eigenvalue weighted by atomic mass is 10.2. The van der Waals surface area contributed by atoms with Crippen LogP contribution in [-0.4, -0.2) is 4.98 Å². The van der Waals surface area contributed by atoms with Crippen molar-refractivity contribution in [2.75, 3.05) is 0 Å². The highest BCUT2D eigenvalue weighted by atomic mass is 32.2. The molecule has 3 heteroatoms. The Morgan fingerprint density at radius 2 is 1.94 bits per heavy atom. The molecule has 0 aliphatic carbocycles. The van der Waals surface area contributed by atoms with E-state index in [-0.39, 0.29) is 0 Å². The number of rotatable bonds is 2. The van der Waals surface area contributed by atoms with Crippen LogP contribution in [0.2, 0.25) is 0 Å². The number of aromatic nitrogens is 1. The van der Waals surface area contributed by atoms with Crippen LogP contribution in [0.1, 0.15) is 16.8 Å². The summed E-state index contributed by atoms with van der Waals surface area (Å²) in [7, 11) is 0. The van der Waals surface area contributed by atoms with Crippen LogP contribution in [0.15, 0.2) is 46.3 Å². The van der Waals surface area contributed by atoms with Crippen molar-refractivity contribution in [3.63, 3.8) is 0 Å². The lowest BCUT2D eigenvalue weighted by molar-refractivity contribution is 1.05. The van der Waals surface area contributed by atoms with E-state index in [1.807, 2.05) is 25.1 Å². The van der Waals surface area contributed by atoms with Crippen LogP contribution >= 0.6 is 11.8 Å². The zero-order valence-corrected chi connectivity index (χ0v) is 10.6. The largest absolute Gasteiger partial charge is 0.246 e. The number of nitriles is 1. The maximum Gasteiger partial charge on any atom is 0.102 e. The average Bonchev–Trinajstić information content (AvgIpc) is 2.31. The number of aryl methyl sites for hydroxylation is 2. The molecule has 0 saturated carbocycles. The molecule has 0 aliphatic heterocycles. The summed E-state index contributed by atoms with van der Waals surface area (Å²) in [5.74, 6) is 0. The van der Waals surface area contributed by atoms with Gasteiger partial charge in [-0.25, -0.2) is 4.98 Å². The molecule has 1 heterocycles. The monoisotopic (exact) mass is 240 g/mol. The predicted molar refractivity (Wildman–Crippen MR) is 69.0 cm³/mol. The first-order chi connectivity index (χ1) is 8.19. The van der Waals surface area contributed by atoms with Crippen LogP contribution < -0.4 is 0 Å². The minimum absolute atomic E-state index is 0.661. The molecular formula is C14H12N2S. The van der Waals surface area contributed by atoms with Gasteiger partial charge in [0.2, 0.25) is 0 Å². The zero-order valence-electron chi connectivity index (χ0n) is 9.77. The van der Waals surface area contributed by atoms with Gasteiger partial charge >= 0.3 is 0 Å². The predicted octanol–water partition coefficient (Wildman–Crippen LogP) is 3.72. The van der Waals surface area contributed by atoms with Gasteiger partial charge in [-0.2, -0.15) is 5.26 Å². The van der Waals surface area contributed by atoms with Gasteiger partial charge in [0.05, 0.1) is 11.6 Å². The maximum atomic E-state index is 8.92. The standard InChI is InChI=1S/C14H12N2S/c1-10-5-3-4-6-13(10)17-14-8-12(9-15)7-11(2)16-14/h3-8H,1-2H3. The van der Waals surface area contributed by atoms with Crippen LogP contribution in [-0.2, 0) is 0 Å². The third kappa shape index (κ3) is 2.86. The Hall–Kier alpha value is -1.79. The van der Waals surface area contributed by atoms with Crippen LogP contribution in [0, 0.1) is 25.2 Å². The molecule has 0 amide bonds. The average molecular weight is 240 g/mol. The topological polar surface area (TPSA) is 36.7 Å². The molecular weight excluding hydrogens is 228 g/mol. The molecule has 2 nitrogen and oxygen atoms in total. The third-order valence-corrected chi connectivity index (χ3v) is 3.46. The van der Waals surface area contributed by atoms with E-state index < -0.39 is 0 Å². The van der Waals surface area contributed by atoms with Crippen LogP contribution in [0.5, 0.6) is 0 Å². The molecule has 17 heavy (non-hydrogen) atoms. The van der Waals surface area contributed by atoms with E-state index >= 15 is 0 Å². The van der Waals surface area contributed by atoms with Crippen molar-refractivity contribution in [1.82, 2.24) is 4.98 Å². The molecule has 84 valence electrons. The molecule has 1 aromatic carbocycles. The Morgan fingerprint density at radius 1 is 1.18 bits per heavy atom. The zero-order chi connectivity index (χ0) is 12.3. The summed E-state index contributed by atoms with van der Waals surface area (Å²) in [6.07, 6.45) is 0. The van der Waals surface area contributed by atoms with E-state index in [9.17, 15) is 0 Å². The second-order valence-corrected chi connectivity index (χ2v) is 4.88. The second-order valence-electron chi connectivity index (χ2n) is 3.81. The smallest absolute Gasteiger partial charge is 0.102 e. The molecule has 0 N–H and O–H groups in total. The summed E-state index contributed by atoms with van der Waals surface area (Å²) in [5, 5.41) is 9.79. The van der Waals surface area contributed by atoms with Crippen molar-refractivity contribution in [1.29, 1.82) is 5.26 Å². The van der Waals surface area contributed by atoms with Gasteiger partial charge in [0.1, 0.15) is 5.03 Å². The fraction of sp³-hybridized carbons (Fsp3) is 0.143. The molecule has 0 radical (unpaired) electrons. The van der Waals surface area contributed by atoms with Crippen molar-refractivity contribution < 1.29 is 0 Å². The fourth-order valence-electron chi connectivity index (χ4n) is 1.54. The summed E-state index contributed by atoms with van der Waals surface area (Å²) in [4.78, 5) is 5.61. The van der Waals surface area contributed by atoms with Crippen molar-refractivity contribution >= 4 is 11.8 Å². The number of hydrogen-bond donors (Lipinski definition) is 0. The van der Waals surface area contributed by atoms with Crippen LogP contribution in [0.25, 0.3) is 0 Å². The van der Waals surface area contributed by atoms with Gasteiger partial charge in [-0.1, -0.05) is 30.0 Å². The van der Waals surface area contributed by atoms with Gasteiger partial charge in [-0.05, 0) is 37.6 Å². The van der Waals surface area contributed by atoms with Crippen LogP contribution in [0.3, 0.4) is 0 Å². The molecule has 0 saturated heterocycles. The SMILES string of the molecule is Cc1cc(C#N)cc(Sc2ccccc2C)n1. The van der Waals surface area contributed by atoms with Crippen molar-refractivity contribution in [2.24, 2.45) is 0 Å². The highest BCUT2D eigenvalue weighted by Gasteiger charge is 2.04. The summed E-state index contributed by atoms with van der Waals surface area (Å²) in [6.45, 7) is 3.98. The van der Waals surface area contributed by atoms with Gasteiger partial charge in [-0.3, -0.25) is 0 Å². The Morgan fingerprint density at radius 3 is 2.65 bits per heavy atom. The van der Waals surface area contributed by atoms with Gasteiger partial charge in [0.15, 0.2) is 0 Å². The number of nitrogens with zero attached hydrogens (tertiary/aromatic N) is 2. The molecule has 1 aromatic heterocycles.